The molecule has 0 heterocycles. The Labute approximate surface area is 135 Å². The quantitative estimate of drug-likeness (QED) is 0.329. The maximum atomic E-state index is 4.33. The average molecular weight is 302 g/mol. The number of nitrogens with one attached hydrogen (secondary N) is 1. The zero-order chi connectivity index (χ0) is 16.2. The van der Waals surface area contributed by atoms with Crippen molar-refractivity contribution in [3.63, 3.8) is 0 Å². The molecule has 0 radical (unpaired) electrons. The van der Waals surface area contributed by atoms with E-state index >= 15 is 0 Å². The lowest BCUT2D eigenvalue weighted by Gasteiger charge is -2.23. The average Bonchev–Trinajstić information content (AvgIpc) is 2.55. The van der Waals surface area contributed by atoms with Crippen LogP contribution in [0.2, 0.25) is 0 Å². The lowest BCUT2D eigenvalue weighted by Crippen LogP contribution is -2.40. The van der Waals surface area contributed by atoms with Crippen molar-refractivity contribution in [1.29, 1.82) is 0 Å². The van der Waals surface area contributed by atoms with Gasteiger partial charge < -0.3 is 15.1 Å². The molecule has 0 fully saturated rings. The predicted octanol–water partition coefficient (Wildman–Crippen LogP) is 2.99. The number of aliphatic imine (C=N–C) groups is 1. The van der Waals surface area contributed by atoms with Crippen LogP contribution in [-0.2, 0) is 0 Å². The fraction of sp³-hybridized carbons (Fsp3) is 0.500. The summed E-state index contributed by atoms with van der Waals surface area (Å²) in [6.07, 6.45) is 5.19. The van der Waals surface area contributed by atoms with Gasteiger partial charge in [0.15, 0.2) is 5.96 Å². The van der Waals surface area contributed by atoms with Gasteiger partial charge in [-0.3, -0.25) is 4.99 Å². The zero-order valence-corrected chi connectivity index (χ0v) is 14.3. The second kappa shape index (κ2) is 10.7. The molecule has 0 spiro atoms. The van der Waals surface area contributed by atoms with Gasteiger partial charge in [0, 0.05) is 46.5 Å². The first-order valence-corrected chi connectivity index (χ1v) is 7.98. The van der Waals surface area contributed by atoms with E-state index in [1.165, 1.54) is 5.69 Å². The van der Waals surface area contributed by atoms with E-state index in [2.05, 4.69) is 65.0 Å². The fourth-order valence-electron chi connectivity index (χ4n) is 2.29. The van der Waals surface area contributed by atoms with Crippen LogP contribution in [-0.4, -0.2) is 51.6 Å². The number of unbranched alkanes of at least 4 members (excludes halogenated alkanes) is 1. The molecule has 0 saturated carbocycles. The van der Waals surface area contributed by atoms with Crippen molar-refractivity contribution in [1.82, 2.24) is 10.2 Å². The Kier molecular flexibility index (Phi) is 8.80. The van der Waals surface area contributed by atoms with Crippen molar-refractivity contribution in [3.05, 3.63) is 43.0 Å². The molecule has 0 aromatic heterocycles. The second-order valence-corrected chi connectivity index (χ2v) is 5.44. The number of nitrogens with zero attached hydrogens (tertiary/aromatic N) is 3. The molecule has 0 amide bonds. The minimum atomic E-state index is 0.926. The number of rotatable bonds is 9. The maximum Gasteiger partial charge on any atom is 0.193 e. The van der Waals surface area contributed by atoms with Crippen molar-refractivity contribution in [2.45, 2.75) is 19.3 Å². The molecule has 122 valence electrons. The summed E-state index contributed by atoms with van der Waals surface area (Å²) < 4.78 is 0. The molecular weight excluding hydrogens is 272 g/mol. The number of anilines is 1. The summed E-state index contributed by atoms with van der Waals surface area (Å²) in [6.45, 7) is 6.70. The number of hydrogen-bond acceptors (Lipinski definition) is 2. The van der Waals surface area contributed by atoms with Gasteiger partial charge in [-0.15, -0.1) is 6.58 Å². The second-order valence-electron chi connectivity index (χ2n) is 5.44. The third kappa shape index (κ3) is 6.66. The van der Waals surface area contributed by atoms with Crippen molar-refractivity contribution in [3.8, 4) is 0 Å². The van der Waals surface area contributed by atoms with Crippen LogP contribution in [0.15, 0.2) is 48.0 Å². The highest BCUT2D eigenvalue weighted by Gasteiger charge is 2.05. The molecule has 0 saturated heterocycles. The molecule has 1 N–H and O–H groups in total. The van der Waals surface area contributed by atoms with Gasteiger partial charge in [0.25, 0.3) is 0 Å². The molecule has 1 aromatic rings. The van der Waals surface area contributed by atoms with Crippen LogP contribution >= 0.6 is 0 Å². The predicted molar refractivity (Wildman–Crippen MR) is 97.8 cm³/mol. The standard InChI is InChI=1S/C18H30N4/c1-5-6-10-15-22(4)18(19-2)20-14-11-16-21(3)17-12-8-7-9-13-17/h5,7-9,12-13H,1,6,10-11,14-16H2,2-4H3,(H,19,20). The highest BCUT2D eigenvalue weighted by molar-refractivity contribution is 5.79. The van der Waals surface area contributed by atoms with Gasteiger partial charge in [-0.25, -0.2) is 0 Å². The lowest BCUT2D eigenvalue weighted by atomic mass is 10.3. The van der Waals surface area contributed by atoms with Gasteiger partial charge in [0.2, 0.25) is 0 Å². The molecule has 1 rings (SSSR count). The number of allylic oxidation sites excluding steroid dienone is 1. The Balaban J connectivity index is 2.25. The van der Waals surface area contributed by atoms with Crippen LogP contribution < -0.4 is 10.2 Å². The van der Waals surface area contributed by atoms with Crippen molar-refractivity contribution in [2.75, 3.05) is 45.7 Å². The van der Waals surface area contributed by atoms with Crippen LogP contribution in [0.4, 0.5) is 5.69 Å². The summed E-state index contributed by atoms with van der Waals surface area (Å²) in [6, 6.07) is 10.5. The minimum absolute atomic E-state index is 0.926. The molecule has 0 aliphatic carbocycles. The number of guanidine groups is 1. The third-order valence-corrected chi connectivity index (χ3v) is 3.63. The summed E-state index contributed by atoms with van der Waals surface area (Å²) in [5, 5.41) is 3.43. The van der Waals surface area contributed by atoms with Gasteiger partial charge in [-0.1, -0.05) is 24.3 Å². The third-order valence-electron chi connectivity index (χ3n) is 3.63. The van der Waals surface area contributed by atoms with E-state index in [0.29, 0.717) is 0 Å². The Bertz CT molecular complexity index is 442. The largest absolute Gasteiger partial charge is 0.375 e. The minimum Gasteiger partial charge on any atom is -0.375 e. The molecule has 4 nitrogen and oxygen atoms in total. The Hall–Kier alpha value is -1.97. The van der Waals surface area contributed by atoms with Gasteiger partial charge in [-0.05, 0) is 31.4 Å². The van der Waals surface area contributed by atoms with E-state index in [-0.39, 0.29) is 0 Å². The smallest absolute Gasteiger partial charge is 0.193 e. The number of para-hydroxylation sites is 1. The molecular formula is C18H30N4. The van der Waals surface area contributed by atoms with Gasteiger partial charge in [0.05, 0.1) is 0 Å². The first kappa shape index (κ1) is 18.1. The Morgan fingerprint density at radius 2 is 1.91 bits per heavy atom. The summed E-state index contributed by atoms with van der Waals surface area (Å²) in [5.74, 6) is 0.964. The normalized spacial score (nSPS) is 11.1. The van der Waals surface area contributed by atoms with E-state index in [9.17, 15) is 0 Å². The fourth-order valence-corrected chi connectivity index (χ4v) is 2.29. The van der Waals surface area contributed by atoms with Crippen LogP contribution in [0.25, 0.3) is 0 Å². The van der Waals surface area contributed by atoms with Crippen molar-refractivity contribution in [2.24, 2.45) is 4.99 Å². The highest BCUT2D eigenvalue weighted by Crippen LogP contribution is 2.10. The number of benzene rings is 1. The van der Waals surface area contributed by atoms with Crippen molar-refractivity contribution < 1.29 is 0 Å². The summed E-state index contributed by atoms with van der Waals surface area (Å²) >= 11 is 0. The van der Waals surface area contributed by atoms with Gasteiger partial charge >= 0.3 is 0 Å². The van der Waals surface area contributed by atoms with E-state index in [4.69, 9.17) is 0 Å². The molecule has 4 heteroatoms. The first-order valence-electron chi connectivity index (χ1n) is 7.98. The highest BCUT2D eigenvalue weighted by atomic mass is 15.3. The molecule has 0 aliphatic rings. The lowest BCUT2D eigenvalue weighted by molar-refractivity contribution is 0.469. The molecule has 22 heavy (non-hydrogen) atoms. The SMILES string of the molecule is C=CCCCN(C)C(=NC)NCCCN(C)c1ccccc1. The van der Waals surface area contributed by atoms with E-state index in [1.54, 1.807) is 0 Å². The summed E-state index contributed by atoms with van der Waals surface area (Å²) in [4.78, 5) is 8.78. The van der Waals surface area contributed by atoms with E-state index < -0.39 is 0 Å². The van der Waals surface area contributed by atoms with Crippen LogP contribution in [0.1, 0.15) is 19.3 Å². The van der Waals surface area contributed by atoms with Crippen LogP contribution in [0, 0.1) is 0 Å². The number of hydrogen-bond donors (Lipinski definition) is 1. The zero-order valence-electron chi connectivity index (χ0n) is 14.3. The van der Waals surface area contributed by atoms with Gasteiger partial charge in [-0.2, -0.15) is 0 Å². The molecule has 0 unspecified atom stereocenters. The summed E-state index contributed by atoms with van der Waals surface area (Å²) in [5.41, 5.74) is 1.26. The Morgan fingerprint density at radius 1 is 1.18 bits per heavy atom. The van der Waals surface area contributed by atoms with Crippen molar-refractivity contribution >= 4 is 11.6 Å². The molecule has 1 aromatic carbocycles. The van der Waals surface area contributed by atoms with Gasteiger partial charge in [0.1, 0.15) is 0 Å². The monoisotopic (exact) mass is 302 g/mol. The van der Waals surface area contributed by atoms with Crippen LogP contribution in [0.3, 0.4) is 0 Å². The molecule has 0 atom stereocenters. The van der Waals surface area contributed by atoms with E-state index in [0.717, 1.165) is 44.9 Å². The van der Waals surface area contributed by atoms with Crippen LogP contribution in [0.5, 0.6) is 0 Å². The summed E-state index contributed by atoms with van der Waals surface area (Å²) in [7, 11) is 6.04. The molecule has 0 aliphatic heterocycles. The first-order chi connectivity index (χ1) is 10.7. The Morgan fingerprint density at radius 3 is 2.55 bits per heavy atom. The maximum absolute atomic E-state index is 4.33. The topological polar surface area (TPSA) is 30.9 Å². The van der Waals surface area contributed by atoms with E-state index in [1.807, 2.05) is 19.2 Å². The molecule has 0 bridgehead atoms.